The quantitative estimate of drug-likeness (QED) is 0.830. The Morgan fingerprint density at radius 3 is 2.22 bits per heavy atom. The van der Waals surface area contributed by atoms with Crippen molar-refractivity contribution in [2.45, 2.75) is 12.8 Å². The molecule has 2 aromatic rings. The van der Waals surface area contributed by atoms with Crippen LogP contribution in [0.1, 0.15) is 28.8 Å². The van der Waals surface area contributed by atoms with E-state index in [0.717, 1.165) is 31.7 Å². The predicted molar refractivity (Wildman–Crippen MR) is 103 cm³/mol. The van der Waals surface area contributed by atoms with E-state index in [1.807, 2.05) is 17.0 Å². The lowest BCUT2D eigenvalue weighted by molar-refractivity contribution is 0.0747. The van der Waals surface area contributed by atoms with Gasteiger partial charge >= 0.3 is 0 Å². The van der Waals surface area contributed by atoms with Crippen LogP contribution in [0.3, 0.4) is 0 Å². The summed E-state index contributed by atoms with van der Waals surface area (Å²) in [7, 11) is 0. The van der Waals surface area contributed by atoms with Crippen LogP contribution in [0, 0.1) is 11.3 Å². The van der Waals surface area contributed by atoms with Gasteiger partial charge in [0, 0.05) is 51.7 Å². The molecule has 4 heterocycles. The van der Waals surface area contributed by atoms with Crippen LogP contribution >= 0.6 is 0 Å². The molecule has 2 aliphatic rings. The van der Waals surface area contributed by atoms with Crippen LogP contribution in [-0.2, 0) is 0 Å². The fourth-order valence-corrected chi connectivity index (χ4v) is 3.77. The van der Waals surface area contributed by atoms with E-state index in [-0.39, 0.29) is 5.91 Å². The fraction of sp³-hybridized carbons (Fsp3) is 0.400. The maximum Gasteiger partial charge on any atom is 0.257 e. The Balaban J connectivity index is 1.47. The van der Waals surface area contributed by atoms with Crippen molar-refractivity contribution in [1.29, 1.82) is 5.26 Å². The number of carbonyl (C=O) groups is 1. The minimum Gasteiger partial charge on any atom is -0.356 e. The number of pyridine rings is 2. The summed E-state index contributed by atoms with van der Waals surface area (Å²) in [6.07, 6.45) is 5.75. The first-order chi connectivity index (χ1) is 13.3. The minimum absolute atomic E-state index is 0.0335. The number of hydrogen-bond acceptors (Lipinski definition) is 6. The van der Waals surface area contributed by atoms with Crippen LogP contribution in [0.15, 0.2) is 36.7 Å². The zero-order chi connectivity index (χ0) is 18.6. The number of anilines is 2. The summed E-state index contributed by atoms with van der Waals surface area (Å²) in [4.78, 5) is 28.1. The highest BCUT2D eigenvalue weighted by Crippen LogP contribution is 2.24. The molecule has 0 aromatic carbocycles. The Labute approximate surface area is 158 Å². The molecule has 0 bridgehead atoms. The van der Waals surface area contributed by atoms with E-state index in [2.05, 4.69) is 25.8 Å². The highest BCUT2D eigenvalue weighted by Gasteiger charge is 2.27. The first-order valence-corrected chi connectivity index (χ1v) is 9.37. The van der Waals surface area contributed by atoms with Crippen LogP contribution < -0.4 is 9.80 Å². The van der Waals surface area contributed by atoms with Gasteiger partial charge in [-0.3, -0.25) is 4.79 Å². The lowest BCUT2D eigenvalue weighted by Gasteiger charge is -2.36. The number of hydrogen-bond donors (Lipinski definition) is 0. The molecule has 0 aliphatic carbocycles. The molecule has 0 radical (unpaired) electrons. The molecule has 4 rings (SSSR count). The zero-order valence-corrected chi connectivity index (χ0v) is 15.2. The number of aromatic nitrogens is 2. The second-order valence-electron chi connectivity index (χ2n) is 6.83. The first kappa shape index (κ1) is 17.3. The monoisotopic (exact) mass is 362 g/mol. The molecule has 0 N–H and O–H groups in total. The molecule has 7 heteroatoms. The van der Waals surface area contributed by atoms with Gasteiger partial charge in [0.25, 0.3) is 5.91 Å². The molecular weight excluding hydrogens is 340 g/mol. The lowest BCUT2D eigenvalue weighted by Crippen LogP contribution is -2.49. The van der Waals surface area contributed by atoms with E-state index in [4.69, 9.17) is 0 Å². The average Bonchev–Trinajstić information content (AvgIpc) is 3.28. The highest BCUT2D eigenvalue weighted by atomic mass is 16.2. The SMILES string of the molecule is N#Cc1cccnc1N1CCN(C(=O)c2cccnc2N2CCCC2)CC1. The van der Waals surface area contributed by atoms with Gasteiger partial charge in [-0.25, -0.2) is 9.97 Å². The summed E-state index contributed by atoms with van der Waals surface area (Å²) in [5.41, 5.74) is 1.25. The third kappa shape index (κ3) is 3.43. The molecule has 0 atom stereocenters. The summed E-state index contributed by atoms with van der Waals surface area (Å²) >= 11 is 0. The second-order valence-corrected chi connectivity index (χ2v) is 6.83. The van der Waals surface area contributed by atoms with E-state index in [0.29, 0.717) is 43.1 Å². The van der Waals surface area contributed by atoms with E-state index in [9.17, 15) is 10.1 Å². The Kier molecular flexibility index (Phi) is 4.88. The van der Waals surface area contributed by atoms with Crippen molar-refractivity contribution < 1.29 is 4.79 Å². The summed E-state index contributed by atoms with van der Waals surface area (Å²) in [6.45, 7) is 4.46. The van der Waals surface area contributed by atoms with Crippen molar-refractivity contribution in [3.63, 3.8) is 0 Å². The number of piperazine rings is 1. The van der Waals surface area contributed by atoms with Gasteiger partial charge in [-0.2, -0.15) is 5.26 Å². The van der Waals surface area contributed by atoms with Gasteiger partial charge in [0.05, 0.1) is 11.1 Å². The van der Waals surface area contributed by atoms with E-state index in [1.165, 1.54) is 0 Å². The first-order valence-electron chi connectivity index (χ1n) is 9.37. The molecular formula is C20H22N6O. The number of rotatable bonds is 3. The van der Waals surface area contributed by atoms with E-state index >= 15 is 0 Å². The molecule has 0 spiro atoms. The highest BCUT2D eigenvalue weighted by molar-refractivity contribution is 5.99. The van der Waals surface area contributed by atoms with Crippen molar-refractivity contribution in [1.82, 2.24) is 14.9 Å². The topological polar surface area (TPSA) is 76.4 Å². The maximum atomic E-state index is 13.1. The fourth-order valence-electron chi connectivity index (χ4n) is 3.77. The van der Waals surface area contributed by atoms with Crippen LogP contribution in [0.25, 0.3) is 0 Å². The lowest BCUT2D eigenvalue weighted by atomic mass is 10.2. The van der Waals surface area contributed by atoms with Gasteiger partial charge < -0.3 is 14.7 Å². The zero-order valence-electron chi connectivity index (χ0n) is 15.2. The van der Waals surface area contributed by atoms with Crippen molar-refractivity contribution in [3.8, 4) is 6.07 Å². The predicted octanol–water partition coefficient (Wildman–Crippen LogP) is 1.91. The second kappa shape index (κ2) is 7.62. The summed E-state index contributed by atoms with van der Waals surface area (Å²) in [5.74, 6) is 1.54. The smallest absolute Gasteiger partial charge is 0.257 e. The third-order valence-electron chi connectivity index (χ3n) is 5.20. The van der Waals surface area contributed by atoms with E-state index < -0.39 is 0 Å². The molecule has 0 saturated carbocycles. The minimum atomic E-state index is 0.0335. The number of amides is 1. The summed E-state index contributed by atoms with van der Waals surface area (Å²) in [5, 5.41) is 9.28. The van der Waals surface area contributed by atoms with Gasteiger partial charge in [-0.05, 0) is 37.1 Å². The molecule has 27 heavy (non-hydrogen) atoms. The van der Waals surface area contributed by atoms with Gasteiger partial charge in [-0.15, -0.1) is 0 Å². The average molecular weight is 362 g/mol. The Hall–Kier alpha value is -3.14. The van der Waals surface area contributed by atoms with Gasteiger partial charge in [0.2, 0.25) is 0 Å². The van der Waals surface area contributed by atoms with Crippen molar-refractivity contribution in [2.24, 2.45) is 0 Å². The normalized spacial score (nSPS) is 17.1. The van der Waals surface area contributed by atoms with Gasteiger partial charge in [-0.1, -0.05) is 0 Å². The largest absolute Gasteiger partial charge is 0.356 e. The Morgan fingerprint density at radius 2 is 1.52 bits per heavy atom. The van der Waals surface area contributed by atoms with Crippen LogP contribution in [0.5, 0.6) is 0 Å². The Morgan fingerprint density at radius 1 is 0.889 bits per heavy atom. The van der Waals surface area contributed by atoms with Crippen molar-refractivity contribution in [3.05, 3.63) is 47.8 Å². The van der Waals surface area contributed by atoms with E-state index in [1.54, 1.807) is 24.5 Å². The third-order valence-corrected chi connectivity index (χ3v) is 5.20. The standard InChI is InChI=1S/C20H22N6O/c21-15-16-5-3-7-22-18(16)25-11-13-26(14-12-25)20(27)17-6-4-8-23-19(17)24-9-1-2-10-24/h3-8H,1-2,9-14H2. The van der Waals surface area contributed by atoms with Crippen LogP contribution in [-0.4, -0.2) is 60.0 Å². The van der Waals surface area contributed by atoms with Crippen LogP contribution in [0.4, 0.5) is 11.6 Å². The molecule has 0 unspecified atom stereocenters. The molecule has 2 saturated heterocycles. The molecule has 2 aliphatic heterocycles. The molecule has 7 nitrogen and oxygen atoms in total. The van der Waals surface area contributed by atoms with Crippen LogP contribution in [0.2, 0.25) is 0 Å². The van der Waals surface area contributed by atoms with Gasteiger partial charge in [0.1, 0.15) is 17.7 Å². The summed E-state index contributed by atoms with van der Waals surface area (Å²) in [6, 6.07) is 9.44. The Bertz CT molecular complexity index is 863. The van der Waals surface area contributed by atoms with Crippen molar-refractivity contribution >= 4 is 17.5 Å². The van der Waals surface area contributed by atoms with Crippen molar-refractivity contribution in [2.75, 3.05) is 49.1 Å². The number of carbonyl (C=O) groups excluding carboxylic acids is 1. The molecule has 1 amide bonds. The number of nitriles is 1. The molecule has 2 aromatic heterocycles. The molecule has 138 valence electrons. The van der Waals surface area contributed by atoms with Gasteiger partial charge in [0.15, 0.2) is 0 Å². The number of nitrogens with zero attached hydrogens (tertiary/aromatic N) is 6. The molecule has 2 fully saturated rings. The summed E-state index contributed by atoms with van der Waals surface area (Å²) < 4.78 is 0. The maximum absolute atomic E-state index is 13.1.